The summed E-state index contributed by atoms with van der Waals surface area (Å²) in [6.45, 7) is 1.23. The Hall–Kier alpha value is -3.39. The number of amides is 1. The van der Waals surface area contributed by atoms with E-state index < -0.39 is 5.91 Å². The Kier molecular flexibility index (Phi) is 8.14. The van der Waals surface area contributed by atoms with Crippen molar-refractivity contribution in [3.8, 4) is 5.75 Å². The molecule has 7 heteroatoms. The molecule has 0 saturated carbocycles. The van der Waals surface area contributed by atoms with Crippen molar-refractivity contribution in [3.05, 3.63) is 106 Å². The van der Waals surface area contributed by atoms with Crippen LogP contribution in [0, 0.1) is 0 Å². The summed E-state index contributed by atoms with van der Waals surface area (Å²) in [5, 5.41) is 13.4. The van der Waals surface area contributed by atoms with Gasteiger partial charge in [0.1, 0.15) is 12.4 Å². The van der Waals surface area contributed by atoms with Crippen LogP contribution < -0.4 is 15.5 Å². The number of benzene rings is 3. The highest BCUT2D eigenvalue weighted by molar-refractivity contribution is 9.10. The second-order valence-electron chi connectivity index (χ2n) is 7.96. The lowest BCUT2D eigenvalue weighted by molar-refractivity contribution is -0.124. The van der Waals surface area contributed by atoms with Gasteiger partial charge in [0.15, 0.2) is 0 Å². The molecule has 0 radical (unpaired) electrons. The molecule has 0 bridgehead atoms. The van der Waals surface area contributed by atoms with Crippen LogP contribution in [0.25, 0.3) is 17.0 Å². The van der Waals surface area contributed by atoms with Gasteiger partial charge in [-0.2, -0.15) is 0 Å². The smallest absolute Gasteiger partial charge is 0.267 e. The van der Waals surface area contributed by atoms with Crippen molar-refractivity contribution in [2.24, 2.45) is 0 Å². The van der Waals surface area contributed by atoms with E-state index in [1.165, 1.54) is 22.6 Å². The Balaban J connectivity index is 1.43. The SMILES string of the molecule is O=C(/C=C/c1ccc(OC[C@H](Cc2c[nH]c3ccccc23)NCc2ccc(Br)cc2)cc1)NO. The van der Waals surface area contributed by atoms with E-state index in [-0.39, 0.29) is 6.04 Å². The van der Waals surface area contributed by atoms with Crippen LogP contribution in [0.4, 0.5) is 0 Å². The summed E-state index contributed by atoms with van der Waals surface area (Å²) in [6, 6.07) is 24.2. The maximum absolute atomic E-state index is 11.1. The third kappa shape index (κ3) is 6.57. The zero-order valence-corrected chi connectivity index (χ0v) is 20.1. The number of hydroxylamine groups is 1. The summed E-state index contributed by atoms with van der Waals surface area (Å²) in [5.74, 6) is 0.176. The van der Waals surface area contributed by atoms with Crippen molar-refractivity contribution in [1.82, 2.24) is 15.8 Å². The van der Waals surface area contributed by atoms with Crippen LogP contribution in [0.5, 0.6) is 5.75 Å². The van der Waals surface area contributed by atoms with Crippen LogP contribution in [0.2, 0.25) is 0 Å². The van der Waals surface area contributed by atoms with Gasteiger partial charge in [-0.05, 0) is 59.5 Å². The number of rotatable bonds is 10. The van der Waals surface area contributed by atoms with Crippen LogP contribution in [-0.2, 0) is 17.8 Å². The topological polar surface area (TPSA) is 86.4 Å². The third-order valence-corrected chi connectivity index (χ3v) is 6.05. The molecular formula is C27H26BrN3O3. The van der Waals surface area contributed by atoms with Gasteiger partial charge in [-0.1, -0.05) is 58.4 Å². The Morgan fingerprint density at radius 1 is 1.06 bits per heavy atom. The lowest BCUT2D eigenvalue weighted by Gasteiger charge is -2.20. The van der Waals surface area contributed by atoms with Crippen molar-refractivity contribution < 1.29 is 14.7 Å². The molecule has 0 saturated heterocycles. The van der Waals surface area contributed by atoms with Crippen molar-refractivity contribution >= 4 is 38.8 Å². The van der Waals surface area contributed by atoms with Gasteiger partial charge in [0.2, 0.25) is 0 Å². The number of hydrogen-bond acceptors (Lipinski definition) is 4. The highest BCUT2D eigenvalue weighted by Gasteiger charge is 2.14. The first kappa shape index (κ1) is 23.8. The molecule has 1 atom stereocenters. The molecule has 0 aliphatic heterocycles. The molecule has 1 aromatic heterocycles. The Morgan fingerprint density at radius 3 is 2.59 bits per heavy atom. The molecule has 4 rings (SSSR count). The van der Waals surface area contributed by atoms with E-state index in [2.05, 4.69) is 62.8 Å². The molecule has 4 N–H and O–H groups in total. The van der Waals surface area contributed by atoms with E-state index >= 15 is 0 Å². The number of fused-ring (bicyclic) bond motifs is 1. The first-order valence-electron chi connectivity index (χ1n) is 11.0. The van der Waals surface area contributed by atoms with Gasteiger partial charge in [0, 0.05) is 40.2 Å². The number of carbonyl (C=O) groups excluding carboxylic acids is 1. The minimum atomic E-state index is -0.572. The summed E-state index contributed by atoms with van der Waals surface area (Å²) in [4.78, 5) is 14.5. The number of para-hydroxylation sites is 1. The Bertz CT molecular complexity index is 1250. The number of aromatic amines is 1. The molecule has 6 nitrogen and oxygen atoms in total. The standard InChI is InChI=1S/C27H26BrN3O3/c28-22-10-5-20(6-11-22)16-29-23(15-21-17-30-26-4-2-1-3-25(21)26)18-34-24-12-7-19(8-13-24)9-14-27(32)31-33/h1-14,17,23,29-30,33H,15-16,18H2,(H,31,32)/b14-9+/t23-/m0/s1. The number of nitrogens with one attached hydrogen (secondary N) is 3. The van der Waals surface area contributed by atoms with E-state index in [1.807, 2.05) is 42.5 Å². The fourth-order valence-electron chi connectivity index (χ4n) is 3.70. The second kappa shape index (κ2) is 11.7. The van der Waals surface area contributed by atoms with Gasteiger partial charge < -0.3 is 15.0 Å². The van der Waals surface area contributed by atoms with Crippen molar-refractivity contribution in [1.29, 1.82) is 0 Å². The highest BCUT2D eigenvalue weighted by atomic mass is 79.9. The second-order valence-corrected chi connectivity index (χ2v) is 8.87. The van der Waals surface area contributed by atoms with Gasteiger partial charge in [0.05, 0.1) is 0 Å². The van der Waals surface area contributed by atoms with Gasteiger partial charge >= 0.3 is 0 Å². The quantitative estimate of drug-likeness (QED) is 0.131. The lowest BCUT2D eigenvalue weighted by Crippen LogP contribution is -2.36. The summed E-state index contributed by atoms with van der Waals surface area (Å²) in [5.41, 5.74) is 5.98. The fourth-order valence-corrected chi connectivity index (χ4v) is 3.97. The van der Waals surface area contributed by atoms with Crippen molar-refractivity contribution in [3.63, 3.8) is 0 Å². The molecule has 0 unspecified atom stereocenters. The summed E-state index contributed by atoms with van der Waals surface area (Å²) in [6.07, 6.45) is 5.77. The molecule has 174 valence electrons. The molecule has 1 heterocycles. The Morgan fingerprint density at radius 2 is 1.82 bits per heavy atom. The van der Waals surface area contributed by atoms with Crippen molar-refractivity contribution in [2.75, 3.05) is 6.61 Å². The lowest BCUT2D eigenvalue weighted by atomic mass is 10.0. The van der Waals surface area contributed by atoms with E-state index in [9.17, 15) is 4.79 Å². The summed E-state index contributed by atoms with van der Waals surface area (Å²) in [7, 11) is 0. The third-order valence-electron chi connectivity index (χ3n) is 5.52. The van der Waals surface area contributed by atoms with Crippen LogP contribution in [0.1, 0.15) is 16.7 Å². The van der Waals surface area contributed by atoms with Crippen molar-refractivity contribution in [2.45, 2.75) is 19.0 Å². The molecule has 0 fully saturated rings. The van der Waals surface area contributed by atoms with E-state index in [1.54, 1.807) is 11.6 Å². The maximum Gasteiger partial charge on any atom is 0.267 e. The zero-order chi connectivity index (χ0) is 23.8. The largest absolute Gasteiger partial charge is 0.492 e. The highest BCUT2D eigenvalue weighted by Crippen LogP contribution is 2.20. The minimum Gasteiger partial charge on any atom is -0.492 e. The predicted molar refractivity (Wildman–Crippen MR) is 138 cm³/mol. The number of halogens is 1. The molecule has 4 aromatic rings. The van der Waals surface area contributed by atoms with Gasteiger partial charge in [-0.15, -0.1) is 0 Å². The Labute approximate surface area is 206 Å². The minimum absolute atomic E-state index is 0.0932. The van der Waals surface area contributed by atoms with E-state index in [0.717, 1.165) is 34.3 Å². The number of ether oxygens (including phenoxy) is 1. The molecule has 0 aliphatic carbocycles. The van der Waals surface area contributed by atoms with Crippen LogP contribution in [-0.4, -0.2) is 28.7 Å². The van der Waals surface area contributed by atoms with Gasteiger partial charge in [0.25, 0.3) is 5.91 Å². The average Bonchev–Trinajstić information content (AvgIpc) is 3.28. The van der Waals surface area contributed by atoms with Crippen LogP contribution in [0.3, 0.4) is 0 Å². The summed E-state index contributed by atoms with van der Waals surface area (Å²) < 4.78 is 7.18. The van der Waals surface area contributed by atoms with E-state index in [0.29, 0.717) is 6.61 Å². The average molecular weight is 520 g/mol. The molecular weight excluding hydrogens is 494 g/mol. The van der Waals surface area contributed by atoms with E-state index in [4.69, 9.17) is 9.94 Å². The number of hydrogen-bond donors (Lipinski definition) is 4. The molecule has 34 heavy (non-hydrogen) atoms. The van der Waals surface area contributed by atoms with Gasteiger partial charge in [-0.3, -0.25) is 10.0 Å². The first-order chi connectivity index (χ1) is 16.6. The van der Waals surface area contributed by atoms with Crippen LogP contribution >= 0.6 is 15.9 Å². The monoisotopic (exact) mass is 519 g/mol. The fraction of sp³-hybridized carbons (Fsp3) is 0.148. The maximum atomic E-state index is 11.1. The molecule has 1 amide bonds. The molecule has 0 aliphatic rings. The number of aromatic nitrogens is 1. The zero-order valence-electron chi connectivity index (χ0n) is 18.5. The molecule has 0 spiro atoms. The van der Waals surface area contributed by atoms with Crippen LogP contribution in [0.15, 0.2) is 89.5 Å². The predicted octanol–water partition coefficient (Wildman–Crippen LogP) is 5.23. The summed E-state index contributed by atoms with van der Waals surface area (Å²) >= 11 is 3.49. The number of H-pyrrole nitrogens is 1. The number of carbonyl (C=O) groups is 1. The first-order valence-corrected chi connectivity index (χ1v) is 11.8. The van der Waals surface area contributed by atoms with Gasteiger partial charge in [-0.25, -0.2) is 5.48 Å². The molecule has 3 aromatic carbocycles. The normalized spacial score (nSPS) is 12.2.